The van der Waals surface area contributed by atoms with Crippen molar-refractivity contribution in [2.45, 2.75) is 6.36 Å². The molecule has 2 rings (SSSR count). The van der Waals surface area contributed by atoms with E-state index in [0.717, 1.165) is 12.1 Å². The van der Waals surface area contributed by atoms with Crippen LogP contribution >= 0.6 is 0 Å². The molecule has 0 saturated heterocycles. The Balaban J connectivity index is 1.89. The average molecular weight is 425 g/mol. The molecule has 1 N–H and O–H groups in total. The van der Waals surface area contributed by atoms with Crippen LogP contribution in [0, 0.1) is 0 Å². The van der Waals surface area contributed by atoms with Gasteiger partial charge in [0.25, 0.3) is 5.91 Å². The summed E-state index contributed by atoms with van der Waals surface area (Å²) in [4.78, 5) is 24.0. The predicted molar refractivity (Wildman–Crippen MR) is 101 cm³/mol. The fourth-order valence-electron chi connectivity index (χ4n) is 2.21. The Morgan fingerprint density at radius 2 is 1.80 bits per heavy atom. The van der Waals surface area contributed by atoms with E-state index in [2.05, 4.69) is 16.6 Å². The molecule has 0 aliphatic carbocycles. The Bertz CT molecular complexity index is 896. The minimum absolute atomic E-state index is 0.138. The van der Waals surface area contributed by atoms with E-state index in [1.165, 1.54) is 37.4 Å². The highest BCUT2D eigenvalue weighted by atomic mass is 19.4. The summed E-state index contributed by atoms with van der Waals surface area (Å²) in [5.41, 5.74) is 0.343. The van der Waals surface area contributed by atoms with Gasteiger partial charge in [-0.3, -0.25) is 4.79 Å². The van der Waals surface area contributed by atoms with E-state index in [1.54, 1.807) is 6.08 Å². The maximum Gasteiger partial charge on any atom is 0.573 e. The number of esters is 1. The van der Waals surface area contributed by atoms with Crippen molar-refractivity contribution < 1.29 is 41.7 Å². The number of methoxy groups -OCH3 is 1. The molecule has 0 spiro atoms. The van der Waals surface area contributed by atoms with Crippen LogP contribution in [0.2, 0.25) is 0 Å². The summed E-state index contributed by atoms with van der Waals surface area (Å²) < 4.78 is 55.6. The monoisotopic (exact) mass is 425 g/mol. The number of carbonyl (C=O) groups excluding carboxylic acids is 2. The van der Waals surface area contributed by atoms with Gasteiger partial charge in [-0.25, -0.2) is 4.79 Å². The molecule has 0 aliphatic rings. The quantitative estimate of drug-likeness (QED) is 0.484. The maximum absolute atomic E-state index is 12.1. The second-order valence-electron chi connectivity index (χ2n) is 5.66. The second-order valence-corrected chi connectivity index (χ2v) is 5.66. The SMILES string of the molecule is C=CCOc1ccc(C(=O)OCC(=O)Nc2ccc(OC(F)(F)F)cc2)cc1OC. The van der Waals surface area contributed by atoms with Crippen LogP contribution in [0.1, 0.15) is 10.4 Å². The van der Waals surface area contributed by atoms with E-state index in [9.17, 15) is 22.8 Å². The first-order chi connectivity index (χ1) is 14.2. The molecule has 0 heterocycles. The van der Waals surface area contributed by atoms with Crippen LogP contribution in [0.3, 0.4) is 0 Å². The van der Waals surface area contributed by atoms with Gasteiger partial charge in [-0.2, -0.15) is 0 Å². The molecular formula is C20H18F3NO6. The van der Waals surface area contributed by atoms with Crippen LogP contribution in [0.5, 0.6) is 17.2 Å². The average Bonchev–Trinajstić information content (AvgIpc) is 2.70. The van der Waals surface area contributed by atoms with E-state index in [1.807, 2.05) is 0 Å². The second kappa shape index (κ2) is 10.2. The number of benzene rings is 2. The van der Waals surface area contributed by atoms with Gasteiger partial charge in [0.1, 0.15) is 12.4 Å². The topological polar surface area (TPSA) is 83.1 Å². The van der Waals surface area contributed by atoms with Crippen LogP contribution < -0.4 is 19.5 Å². The molecule has 0 aromatic heterocycles. The molecule has 0 atom stereocenters. The summed E-state index contributed by atoms with van der Waals surface area (Å²) >= 11 is 0. The van der Waals surface area contributed by atoms with Crippen LogP contribution in [0.25, 0.3) is 0 Å². The van der Waals surface area contributed by atoms with Gasteiger partial charge in [0.15, 0.2) is 18.1 Å². The first-order valence-electron chi connectivity index (χ1n) is 8.46. The number of hydrogen-bond acceptors (Lipinski definition) is 6. The molecule has 7 nitrogen and oxygen atoms in total. The Hall–Kier alpha value is -3.69. The number of anilines is 1. The molecule has 30 heavy (non-hydrogen) atoms. The van der Waals surface area contributed by atoms with Crippen LogP contribution in [0.15, 0.2) is 55.1 Å². The summed E-state index contributed by atoms with van der Waals surface area (Å²) in [5.74, 6) is -1.17. The maximum atomic E-state index is 12.1. The van der Waals surface area contributed by atoms with Crippen molar-refractivity contribution in [1.29, 1.82) is 0 Å². The van der Waals surface area contributed by atoms with E-state index >= 15 is 0 Å². The third-order valence-electron chi connectivity index (χ3n) is 3.46. The van der Waals surface area contributed by atoms with Crippen molar-refractivity contribution in [3.05, 3.63) is 60.7 Å². The van der Waals surface area contributed by atoms with E-state index in [0.29, 0.717) is 11.5 Å². The number of rotatable bonds is 9. The summed E-state index contributed by atoms with van der Waals surface area (Å²) in [6.45, 7) is 3.19. The highest BCUT2D eigenvalue weighted by Crippen LogP contribution is 2.28. The van der Waals surface area contributed by atoms with Gasteiger partial charge in [0.2, 0.25) is 0 Å². The lowest BCUT2D eigenvalue weighted by molar-refractivity contribution is -0.274. The highest BCUT2D eigenvalue weighted by molar-refractivity contribution is 5.95. The molecule has 0 radical (unpaired) electrons. The summed E-state index contributed by atoms with van der Waals surface area (Å²) in [6, 6.07) is 8.87. The van der Waals surface area contributed by atoms with Crippen LogP contribution in [-0.2, 0) is 9.53 Å². The van der Waals surface area contributed by atoms with Crippen LogP contribution in [-0.4, -0.2) is 38.6 Å². The first kappa shape index (κ1) is 22.6. The normalized spacial score (nSPS) is 10.7. The molecule has 0 saturated carbocycles. The summed E-state index contributed by atoms with van der Waals surface area (Å²) in [5, 5.41) is 2.39. The van der Waals surface area contributed by atoms with Gasteiger partial charge in [-0.1, -0.05) is 12.7 Å². The zero-order valence-electron chi connectivity index (χ0n) is 15.8. The molecule has 10 heteroatoms. The van der Waals surface area contributed by atoms with Crippen LogP contribution in [0.4, 0.5) is 18.9 Å². The van der Waals surface area contributed by atoms with Gasteiger partial charge in [0.05, 0.1) is 12.7 Å². The van der Waals surface area contributed by atoms with Crippen molar-refractivity contribution in [2.75, 3.05) is 25.6 Å². The van der Waals surface area contributed by atoms with Gasteiger partial charge in [-0.05, 0) is 42.5 Å². The number of hydrogen-bond donors (Lipinski definition) is 1. The van der Waals surface area contributed by atoms with Crippen molar-refractivity contribution in [1.82, 2.24) is 0 Å². The smallest absolute Gasteiger partial charge is 0.493 e. The van der Waals surface area contributed by atoms with E-state index in [-0.39, 0.29) is 17.9 Å². The van der Waals surface area contributed by atoms with Gasteiger partial charge >= 0.3 is 12.3 Å². The Morgan fingerprint density at radius 3 is 2.40 bits per heavy atom. The number of ether oxygens (including phenoxy) is 4. The number of amides is 1. The van der Waals surface area contributed by atoms with Crippen molar-refractivity contribution >= 4 is 17.6 Å². The number of alkyl halides is 3. The third kappa shape index (κ3) is 7.04. The zero-order valence-corrected chi connectivity index (χ0v) is 15.8. The predicted octanol–water partition coefficient (Wildman–Crippen LogP) is 3.95. The lowest BCUT2D eigenvalue weighted by Crippen LogP contribution is -2.21. The number of nitrogens with one attached hydrogen (secondary N) is 1. The Kier molecular flexibility index (Phi) is 7.68. The molecule has 0 unspecified atom stereocenters. The first-order valence-corrected chi connectivity index (χ1v) is 8.46. The molecule has 160 valence electrons. The molecule has 2 aromatic carbocycles. The lowest BCUT2D eigenvalue weighted by Gasteiger charge is -2.11. The molecule has 0 bridgehead atoms. The minimum Gasteiger partial charge on any atom is -0.493 e. The zero-order chi connectivity index (χ0) is 22.1. The number of carbonyl (C=O) groups is 2. The van der Waals surface area contributed by atoms with E-state index < -0.39 is 30.6 Å². The molecular weight excluding hydrogens is 407 g/mol. The lowest BCUT2D eigenvalue weighted by atomic mass is 10.2. The van der Waals surface area contributed by atoms with Crippen molar-refractivity contribution in [3.8, 4) is 17.2 Å². The van der Waals surface area contributed by atoms with Gasteiger partial charge in [0, 0.05) is 5.69 Å². The third-order valence-corrected chi connectivity index (χ3v) is 3.46. The Labute approximate surface area is 170 Å². The van der Waals surface area contributed by atoms with E-state index in [4.69, 9.17) is 14.2 Å². The fourth-order valence-corrected chi connectivity index (χ4v) is 2.21. The Morgan fingerprint density at radius 1 is 1.10 bits per heavy atom. The number of halogens is 3. The van der Waals surface area contributed by atoms with Gasteiger partial charge in [-0.15, -0.1) is 13.2 Å². The molecule has 0 fully saturated rings. The molecule has 0 aliphatic heterocycles. The summed E-state index contributed by atoms with van der Waals surface area (Å²) in [7, 11) is 1.41. The van der Waals surface area contributed by atoms with Crippen molar-refractivity contribution in [3.63, 3.8) is 0 Å². The standard InChI is InChI=1S/C20H18F3NO6/c1-3-10-28-16-9-4-13(11-17(16)27-2)19(26)29-12-18(25)24-14-5-7-15(8-6-14)30-20(21,22)23/h3-9,11H,1,10,12H2,2H3,(H,24,25). The van der Waals surface area contributed by atoms with Gasteiger partial charge < -0.3 is 24.3 Å². The highest BCUT2D eigenvalue weighted by Gasteiger charge is 2.31. The fraction of sp³-hybridized carbons (Fsp3) is 0.200. The van der Waals surface area contributed by atoms with Crippen molar-refractivity contribution in [2.24, 2.45) is 0 Å². The minimum atomic E-state index is -4.81. The largest absolute Gasteiger partial charge is 0.573 e. The molecule has 1 amide bonds. The molecule has 2 aromatic rings. The summed E-state index contributed by atoms with van der Waals surface area (Å²) in [6.07, 6.45) is -3.26.